The number of benzene rings is 11. The maximum atomic E-state index is 6.61. The molecule has 0 atom stereocenters. The van der Waals surface area contributed by atoms with Gasteiger partial charge in [0, 0.05) is 32.7 Å². The molecule has 0 aliphatic heterocycles. The van der Waals surface area contributed by atoms with E-state index < -0.39 is 0 Å². The zero-order valence-corrected chi connectivity index (χ0v) is 32.4. The summed E-state index contributed by atoms with van der Waals surface area (Å²) in [5, 5.41) is 14.3. The minimum absolute atomic E-state index is 0.908. The molecule has 0 fully saturated rings. The summed E-state index contributed by atoms with van der Waals surface area (Å²) in [7, 11) is 0. The van der Waals surface area contributed by atoms with Gasteiger partial charge in [-0.05, 0) is 101 Å². The van der Waals surface area contributed by atoms with Crippen molar-refractivity contribution in [3.63, 3.8) is 0 Å². The van der Waals surface area contributed by atoms with Crippen molar-refractivity contribution < 1.29 is 8.83 Å². The normalized spacial score (nSPS) is 12.0. The Morgan fingerprint density at radius 2 is 0.500 bits per heavy atom. The van der Waals surface area contributed by atoms with E-state index in [4.69, 9.17) is 8.83 Å². The molecular formula is C58H34O2. The van der Waals surface area contributed by atoms with Gasteiger partial charge in [-0.3, -0.25) is 0 Å². The van der Waals surface area contributed by atoms with E-state index in [1.807, 2.05) is 12.1 Å². The van der Waals surface area contributed by atoms with Crippen LogP contribution in [0.15, 0.2) is 215 Å². The van der Waals surface area contributed by atoms with Crippen LogP contribution in [0.2, 0.25) is 0 Å². The third-order valence-corrected chi connectivity index (χ3v) is 12.6. The monoisotopic (exact) mass is 762 g/mol. The van der Waals surface area contributed by atoms with Crippen molar-refractivity contribution >= 4 is 87.0 Å². The Bertz CT molecular complexity index is 3550. The lowest BCUT2D eigenvalue weighted by Gasteiger charge is -2.18. The van der Waals surface area contributed by atoms with Crippen molar-refractivity contribution in [1.82, 2.24) is 0 Å². The molecule has 0 unspecified atom stereocenters. The zero-order chi connectivity index (χ0) is 39.3. The number of fused-ring (bicyclic) bond motifs is 10. The van der Waals surface area contributed by atoms with Crippen LogP contribution in [0.1, 0.15) is 0 Å². The Hall–Kier alpha value is -7.94. The molecule has 13 rings (SSSR count). The maximum Gasteiger partial charge on any atom is 0.143 e. The van der Waals surface area contributed by atoms with Crippen LogP contribution in [-0.4, -0.2) is 0 Å². The molecule has 0 radical (unpaired) electrons. The summed E-state index contributed by atoms with van der Waals surface area (Å²) in [4.78, 5) is 0. The van der Waals surface area contributed by atoms with Crippen LogP contribution in [0.4, 0.5) is 0 Å². The average molecular weight is 763 g/mol. The minimum atomic E-state index is 0.908. The first-order valence-electron chi connectivity index (χ1n) is 20.6. The summed E-state index contributed by atoms with van der Waals surface area (Å²) in [6, 6.07) is 74.5. The molecule has 2 heterocycles. The minimum Gasteiger partial charge on any atom is -0.455 e. The quantitative estimate of drug-likeness (QED) is 0.167. The van der Waals surface area contributed by atoms with E-state index in [2.05, 4.69) is 194 Å². The van der Waals surface area contributed by atoms with Crippen LogP contribution < -0.4 is 0 Å². The van der Waals surface area contributed by atoms with Crippen molar-refractivity contribution in [2.45, 2.75) is 0 Å². The molecule has 0 saturated carbocycles. The van der Waals surface area contributed by atoms with E-state index in [-0.39, 0.29) is 0 Å². The molecule has 60 heavy (non-hydrogen) atoms. The van der Waals surface area contributed by atoms with Crippen LogP contribution in [-0.2, 0) is 0 Å². The van der Waals surface area contributed by atoms with Crippen LogP contribution in [0.5, 0.6) is 0 Å². The van der Waals surface area contributed by atoms with Crippen molar-refractivity contribution in [3.05, 3.63) is 206 Å². The maximum absolute atomic E-state index is 6.61. The zero-order valence-electron chi connectivity index (χ0n) is 32.4. The van der Waals surface area contributed by atoms with Crippen LogP contribution in [0, 0.1) is 0 Å². The lowest BCUT2D eigenvalue weighted by Crippen LogP contribution is -1.91. The number of para-hydroxylation sites is 2. The van der Waals surface area contributed by atoms with Gasteiger partial charge in [-0.15, -0.1) is 0 Å². The predicted octanol–water partition coefficient (Wildman–Crippen LogP) is 16.8. The van der Waals surface area contributed by atoms with Crippen molar-refractivity contribution in [3.8, 4) is 44.5 Å². The second-order valence-electron chi connectivity index (χ2n) is 15.9. The highest BCUT2D eigenvalue weighted by molar-refractivity contribution is 6.23. The second kappa shape index (κ2) is 12.8. The molecule has 278 valence electrons. The van der Waals surface area contributed by atoms with E-state index in [1.54, 1.807) is 0 Å². The Balaban J connectivity index is 0.974. The molecule has 0 aliphatic rings. The molecule has 2 heteroatoms. The van der Waals surface area contributed by atoms with Gasteiger partial charge in [-0.2, -0.15) is 0 Å². The fourth-order valence-electron chi connectivity index (χ4n) is 9.98. The number of rotatable bonds is 4. The van der Waals surface area contributed by atoms with Crippen molar-refractivity contribution in [2.24, 2.45) is 0 Å². The van der Waals surface area contributed by atoms with Gasteiger partial charge in [0.2, 0.25) is 0 Å². The highest BCUT2D eigenvalue weighted by Crippen LogP contribution is 2.47. The first-order chi connectivity index (χ1) is 29.8. The number of furan rings is 2. The largest absolute Gasteiger partial charge is 0.455 e. The third-order valence-electron chi connectivity index (χ3n) is 12.6. The van der Waals surface area contributed by atoms with Gasteiger partial charge in [0.1, 0.15) is 22.3 Å². The van der Waals surface area contributed by atoms with E-state index in [0.29, 0.717) is 0 Å². The Labute approximate surface area is 345 Å². The van der Waals surface area contributed by atoms with E-state index in [1.165, 1.54) is 65.3 Å². The molecule has 0 bridgehead atoms. The first-order valence-corrected chi connectivity index (χ1v) is 20.6. The molecule has 13 aromatic rings. The highest BCUT2D eigenvalue weighted by Gasteiger charge is 2.21. The summed E-state index contributed by atoms with van der Waals surface area (Å²) in [5.74, 6) is 0. The van der Waals surface area contributed by atoms with Gasteiger partial charge >= 0.3 is 0 Å². The fourth-order valence-corrected chi connectivity index (χ4v) is 9.98. The van der Waals surface area contributed by atoms with Gasteiger partial charge in [0.15, 0.2) is 0 Å². The SMILES string of the molecule is c1ccc2c(-c3ccc(-c4c5ccccc5c(-c5ccc(-c6c7ccccc7cc7c6oc6ccccc67)cc5)c5ccccc45)cc3)c3oc4ccccc4c3cc2c1. The van der Waals surface area contributed by atoms with Crippen molar-refractivity contribution in [1.29, 1.82) is 0 Å². The molecule has 2 nitrogen and oxygen atoms in total. The second-order valence-corrected chi connectivity index (χ2v) is 15.9. The van der Waals surface area contributed by atoms with Gasteiger partial charge in [-0.1, -0.05) is 182 Å². The van der Waals surface area contributed by atoms with E-state index in [0.717, 1.165) is 66.1 Å². The van der Waals surface area contributed by atoms with Crippen LogP contribution in [0.3, 0.4) is 0 Å². The average Bonchev–Trinajstić information content (AvgIpc) is 3.87. The van der Waals surface area contributed by atoms with E-state index in [9.17, 15) is 0 Å². The summed E-state index contributed by atoms with van der Waals surface area (Å²) in [6.45, 7) is 0. The molecule has 0 aliphatic carbocycles. The number of hydrogen-bond acceptors (Lipinski definition) is 2. The van der Waals surface area contributed by atoms with Gasteiger partial charge in [0.05, 0.1) is 0 Å². The third kappa shape index (κ3) is 4.82. The predicted molar refractivity (Wildman–Crippen MR) is 253 cm³/mol. The van der Waals surface area contributed by atoms with Crippen molar-refractivity contribution in [2.75, 3.05) is 0 Å². The summed E-state index contributed by atoms with van der Waals surface area (Å²) < 4.78 is 13.2. The molecular weight excluding hydrogens is 729 g/mol. The standard InChI is InChI=1S/C58H34O2/c1-3-15-41-39(13-1)33-49-43-17-9-11-23-51(43)59-57(49)55(41)37-29-25-35(26-30-37)53-45-19-5-7-21-47(45)54(48-22-8-6-20-46(48)53)36-27-31-38(32-28-36)56-42-16-4-2-14-40(42)34-50-44-18-10-12-24-52(44)60-58(50)56/h1-34H. The Morgan fingerprint density at radius 1 is 0.217 bits per heavy atom. The fraction of sp³-hybridized carbons (Fsp3) is 0. The van der Waals surface area contributed by atoms with E-state index >= 15 is 0 Å². The highest BCUT2D eigenvalue weighted by atomic mass is 16.3. The van der Waals surface area contributed by atoms with Gasteiger partial charge in [0.25, 0.3) is 0 Å². The topological polar surface area (TPSA) is 26.3 Å². The van der Waals surface area contributed by atoms with Crippen LogP contribution >= 0.6 is 0 Å². The number of hydrogen-bond donors (Lipinski definition) is 0. The van der Waals surface area contributed by atoms with Gasteiger partial charge in [-0.25, -0.2) is 0 Å². The Kier molecular flexibility index (Phi) is 7.05. The lowest BCUT2D eigenvalue weighted by molar-refractivity contribution is 0.670. The lowest BCUT2D eigenvalue weighted by atomic mass is 9.85. The molecule has 0 spiro atoms. The molecule has 0 amide bonds. The molecule has 11 aromatic carbocycles. The molecule has 0 N–H and O–H groups in total. The summed E-state index contributed by atoms with van der Waals surface area (Å²) in [6.07, 6.45) is 0. The Morgan fingerprint density at radius 3 is 0.867 bits per heavy atom. The molecule has 2 aromatic heterocycles. The first kappa shape index (κ1) is 33.1. The molecule has 0 saturated heterocycles. The summed E-state index contributed by atoms with van der Waals surface area (Å²) >= 11 is 0. The van der Waals surface area contributed by atoms with Gasteiger partial charge < -0.3 is 8.83 Å². The van der Waals surface area contributed by atoms with Crippen LogP contribution in [0.25, 0.3) is 131 Å². The smallest absolute Gasteiger partial charge is 0.143 e. The summed E-state index contributed by atoms with van der Waals surface area (Å²) in [5.41, 5.74) is 13.0.